The predicted octanol–water partition coefficient (Wildman–Crippen LogP) is 4.89. The zero-order valence-corrected chi connectivity index (χ0v) is 24.8. The Kier molecular flexibility index (Phi) is 9.77. The van der Waals surface area contributed by atoms with Crippen molar-refractivity contribution in [2.45, 2.75) is 64.8 Å². The highest BCUT2D eigenvalue weighted by Gasteiger charge is 2.39. The first kappa shape index (κ1) is 30.0. The number of anilines is 1. The van der Waals surface area contributed by atoms with Crippen LogP contribution < -0.4 is 4.90 Å². The molecule has 1 aromatic heterocycles. The van der Waals surface area contributed by atoms with Crippen LogP contribution in [0.15, 0.2) is 60.9 Å². The molecule has 2 saturated heterocycles. The lowest BCUT2D eigenvalue weighted by molar-refractivity contribution is -0.142. The maximum Gasteiger partial charge on any atom is 0.308 e. The summed E-state index contributed by atoms with van der Waals surface area (Å²) in [6.45, 7) is 12.5. The number of aliphatic carboxylic acids is 1. The van der Waals surface area contributed by atoms with E-state index in [2.05, 4.69) is 30.5 Å². The van der Waals surface area contributed by atoms with Gasteiger partial charge in [-0.2, -0.15) is 0 Å². The minimum atomic E-state index is -0.888. The molecule has 2 aromatic rings. The van der Waals surface area contributed by atoms with E-state index in [0.717, 1.165) is 56.9 Å². The van der Waals surface area contributed by atoms with Crippen LogP contribution in [0.1, 0.15) is 54.1 Å². The van der Waals surface area contributed by atoms with Crippen molar-refractivity contribution >= 4 is 17.4 Å². The molecule has 3 aliphatic rings. The number of benzene rings is 1. The van der Waals surface area contributed by atoms with E-state index < -0.39 is 17.9 Å². The molecule has 2 atom stereocenters. The van der Waals surface area contributed by atoms with Gasteiger partial charge in [0.2, 0.25) is 0 Å². The van der Waals surface area contributed by atoms with Crippen LogP contribution in [0.4, 0.5) is 5.82 Å². The molecule has 0 amide bonds. The number of aromatic nitrogens is 1. The normalized spacial score (nSPS) is 22.2. The Morgan fingerprint density at radius 2 is 2.00 bits per heavy atom. The van der Waals surface area contributed by atoms with Crippen molar-refractivity contribution in [1.82, 2.24) is 9.88 Å². The van der Waals surface area contributed by atoms with Gasteiger partial charge in [-0.25, -0.2) is 4.98 Å². The number of hydrogen-bond donors (Lipinski definition) is 2. The van der Waals surface area contributed by atoms with Crippen molar-refractivity contribution in [2.24, 2.45) is 5.92 Å². The standard InChI is InChI=1S/C34H43N3O5/c1-4-5-7-29(31-8-6-9-33(35-31)37-17-13-30(34(39)40)32(37)21-38)24(3)42-22-26-11-10-25-20-36(16-12-28(25)23(26)2)27-14-18-41-19-15-27/h4-11,27,30,32,38H,1,12-22H2,2-3H3,(H,39,40)/b7-5-,29-24-. The van der Waals surface area contributed by atoms with Crippen LogP contribution in [0.3, 0.4) is 0 Å². The molecule has 4 heterocycles. The summed E-state index contributed by atoms with van der Waals surface area (Å²) in [7, 11) is 0. The van der Waals surface area contributed by atoms with E-state index in [9.17, 15) is 15.0 Å². The third-order valence-corrected chi connectivity index (χ3v) is 9.11. The molecular weight excluding hydrogens is 530 g/mol. The molecule has 2 unspecified atom stereocenters. The summed E-state index contributed by atoms with van der Waals surface area (Å²) >= 11 is 0. The van der Waals surface area contributed by atoms with Crippen LogP contribution >= 0.6 is 0 Å². The van der Waals surface area contributed by atoms with E-state index in [0.29, 0.717) is 37.1 Å². The number of allylic oxidation sites excluding steroid dienone is 5. The predicted molar refractivity (Wildman–Crippen MR) is 164 cm³/mol. The van der Waals surface area contributed by atoms with Gasteiger partial charge in [0.1, 0.15) is 18.2 Å². The number of aliphatic hydroxyl groups excluding tert-OH is 1. The quantitative estimate of drug-likeness (QED) is 0.307. The van der Waals surface area contributed by atoms with Gasteiger partial charge in [-0.3, -0.25) is 9.69 Å². The molecule has 8 heteroatoms. The zero-order chi connectivity index (χ0) is 29.6. The van der Waals surface area contributed by atoms with Gasteiger partial charge in [-0.1, -0.05) is 36.9 Å². The minimum absolute atomic E-state index is 0.238. The molecule has 2 fully saturated rings. The number of ether oxygens (including phenoxy) is 2. The number of carboxylic acids is 1. The first-order valence-electron chi connectivity index (χ1n) is 15.0. The van der Waals surface area contributed by atoms with Crippen molar-refractivity contribution in [1.29, 1.82) is 0 Å². The average molecular weight is 574 g/mol. The fourth-order valence-electron chi connectivity index (χ4n) is 6.63. The largest absolute Gasteiger partial charge is 0.493 e. The molecule has 3 aliphatic heterocycles. The van der Waals surface area contributed by atoms with E-state index in [4.69, 9.17) is 14.5 Å². The Hall–Kier alpha value is -3.46. The molecule has 0 aliphatic carbocycles. The topological polar surface area (TPSA) is 95.4 Å². The van der Waals surface area contributed by atoms with Gasteiger partial charge in [0.25, 0.3) is 0 Å². The van der Waals surface area contributed by atoms with Crippen molar-refractivity contribution in [3.8, 4) is 0 Å². The van der Waals surface area contributed by atoms with Gasteiger partial charge in [0, 0.05) is 44.5 Å². The van der Waals surface area contributed by atoms with Gasteiger partial charge in [0.05, 0.1) is 24.3 Å². The van der Waals surface area contributed by atoms with E-state index in [1.165, 1.54) is 22.3 Å². The van der Waals surface area contributed by atoms with Gasteiger partial charge in [0.15, 0.2) is 0 Å². The molecule has 0 radical (unpaired) electrons. The fraction of sp³-hybridized carbons (Fsp3) is 0.471. The maximum atomic E-state index is 11.7. The highest BCUT2D eigenvalue weighted by atomic mass is 16.5. The molecule has 8 nitrogen and oxygen atoms in total. The molecule has 1 aromatic carbocycles. The van der Waals surface area contributed by atoms with Crippen molar-refractivity contribution in [3.63, 3.8) is 0 Å². The lowest BCUT2D eigenvalue weighted by atomic mass is 9.90. The van der Waals surface area contributed by atoms with Crippen molar-refractivity contribution in [2.75, 3.05) is 37.8 Å². The van der Waals surface area contributed by atoms with E-state index in [1.807, 2.05) is 42.2 Å². The molecule has 42 heavy (non-hydrogen) atoms. The summed E-state index contributed by atoms with van der Waals surface area (Å²) in [6, 6.07) is 10.3. The number of pyridine rings is 1. The fourth-order valence-corrected chi connectivity index (χ4v) is 6.63. The first-order chi connectivity index (χ1) is 20.4. The van der Waals surface area contributed by atoms with E-state index in [1.54, 1.807) is 6.08 Å². The van der Waals surface area contributed by atoms with Gasteiger partial charge in [-0.15, -0.1) is 0 Å². The van der Waals surface area contributed by atoms with Gasteiger partial charge in [-0.05, 0) is 80.0 Å². The number of rotatable bonds is 10. The maximum absolute atomic E-state index is 11.7. The van der Waals surface area contributed by atoms with Crippen molar-refractivity contribution < 1.29 is 24.5 Å². The number of fused-ring (bicyclic) bond motifs is 1. The molecule has 0 spiro atoms. The summed E-state index contributed by atoms with van der Waals surface area (Å²) < 4.78 is 12.0. The summed E-state index contributed by atoms with van der Waals surface area (Å²) in [5.74, 6) is -0.122. The van der Waals surface area contributed by atoms with Crippen LogP contribution in [0.2, 0.25) is 0 Å². The van der Waals surface area contributed by atoms with Gasteiger partial charge < -0.3 is 24.6 Å². The third-order valence-electron chi connectivity index (χ3n) is 9.11. The highest BCUT2D eigenvalue weighted by molar-refractivity contribution is 5.75. The van der Waals surface area contributed by atoms with Crippen LogP contribution in [0.5, 0.6) is 0 Å². The number of aliphatic hydroxyl groups is 1. The second-order valence-electron chi connectivity index (χ2n) is 11.5. The summed E-state index contributed by atoms with van der Waals surface area (Å²) in [5.41, 5.74) is 6.91. The second kappa shape index (κ2) is 13.7. The number of hydrogen-bond acceptors (Lipinski definition) is 7. The SMILES string of the molecule is C=C/C=C\C(=C(/C)OCc1ccc2c(c1C)CCN(C1CCOCC1)C2)c1cccc(N2CCC(C(=O)O)C2CO)n1. The third kappa shape index (κ3) is 6.46. The molecular formula is C34H43N3O5. The Labute approximate surface area is 249 Å². The van der Waals surface area contributed by atoms with Crippen LogP contribution in [0.25, 0.3) is 5.57 Å². The first-order valence-corrected chi connectivity index (χ1v) is 15.0. The molecule has 2 N–H and O–H groups in total. The van der Waals surface area contributed by atoms with Crippen LogP contribution in [-0.4, -0.2) is 71.1 Å². The van der Waals surface area contributed by atoms with Gasteiger partial charge >= 0.3 is 5.97 Å². The Balaban J connectivity index is 1.33. The number of carbonyl (C=O) groups is 1. The Morgan fingerprint density at radius 3 is 2.74 bits per heavy atom. The van der Waals surface area contributed by atoms with Crippen LogP contribution in [0, 0.1) is 12.8 Å². The van der Waals surface area contributed by atoms with E-state index in [-0.39, 0.29) is 6.61 Å². The highest BCUT2D eigenvalue weighted by Crippen LogP contribution is 2.32. The molecule has 5 rings (SSSR count). The number of nitrogens with zero attached hydrogens (tertiary/aromatic N) is 3. The average Bonchev–Trinajstić information content (AvgIpc) is 3.46. The number of carboxylic acid groups (broad SMARTS) is 1. The summed E-state index contributed by atoms with van der Waals surface area (Å²) in [4.78, 5) is 21.1. The lowest BCUT2D eigenvalue weighted by Gasteiger charge is -2.38. The van der Waals surface area contributed by atoms with Crippen LogP contribution in [-0.2, 0) is 33.8 Å². The van der Waals surface area contributed by atoms with E-state index >= 15 is 0 Å². The lowest BCUT2D eigenvalue weighted by Crippen LogP contribution is -2.42. The molecule has 0 saturated carbocycles. The smallest absolute Gasteiger partial charge is 0.308 e. The monoisotopic (exact) mass is 573 g/mol. The second-order valence-corrected chi connectivity index (χ2v) is 11.5. The summed E-state index contributed by atoms with van der Waals surface area (Å²) in [6.07, 6.45) is 9.28. The molecule has 0 bridgehead atoms. The Morgan fingerprint density at radius 1 is 1.19 bits per heavy atom. The minimum Gasteiger partial charge on any atom is -0.493 e. The Bertz CT molecular complexity index is 1350. The molecule has 224 valence electrons. The zero-order valence-electron chi connectivity index (χ0n) is 24.8. The van der Waals surface area contributed by atoms with Crippen molar-refractivity contribution in [3.05, 3.63) is 88.8 Å². The summed E-state index contributed by atoms with van der Waals surface area (Å²) in [5, 5.41) is 19.5.